The van der Waals surface area contributed by atoms with Crippen LogP contribution in [0.25, 0.3) is 0 Å². The highest BCUT2D eigenvalue weighted by Crippen LogP contribution is 2.22. The molecule has 1 atom stereocenters. The molecule has 1 aliphatic rings. The van der Waals surface area contributed by atoms with Gasteiger partial charge >= 0.3 is 0 Å². The van der Waals surface area contributed by atoms with Gasteiger partial charge in [-0.15, -0.1) is 24.0 Å². The molecule has 7 nitrogen and oxygen atoms in total. The number of aliphatic hydroxyl groups is 1. The number of hydrogen-bond acceptors (Lipinski definition) is 4. The first-order valence-electron chi connectivity index (χ1n) is 8.19. The Balaban J connectivity index is 0.00000288. The molecule has 0 aromatic carbocycles. The Morgan fingerprint density at radius 1 is 1.54 bits per heavy atom. The summed E-state index contributed by atoms with van der Waals surface area (Å²) >= 11 is 0. The predicted octanol–water partition coefficient (Wildman–Crippen LogP) is 1.40. The minimum atomic E-state index is -0.213. The molecular weight excluding hydrogens is 421 g/mol. The highest BCUT2D eigenvalue weighted by atomic mass is 127. The highest BCUT2D eigenvalue weighted by Gasteiger charge is 2.25. The molecule has 1 fully saturated rings. The Bertz CT molecular complexity index is 532. The number of nitrogens with zero attached hydrogens (tertiary/aromatic N) is 4. The predicted molar refractivity (Wildman–Crippen MR) is 106 cm³/mol. The van der Waals surface area contributed by atoms with E-state index in [2.05, 4.69) is 22.2 Å². The van der Waals surface area contributed by atoms with E-state index in [4.69, 9.17) is 9.73 Å². The van der Waals surface area contributed by atoms with E-state index < -0.39 is 0 Å². The number of aliphatic hydroxyl groups excluding tert-OH is 1. The van der Waals surface area contributed by atoms with Gasteiger partial charge in [-0.05, 0) is 6.92 Å². The second kappa shape index (κ2) is 9.57. The molecule has 2 heterocycles. The average molecular weight is 451 g/mol. The monoisotopic (exact) mass is 451 g/mol. The Morgan fingerprint density at radius 2 is 2.29 bits per heavy atom. The zero-order chi connectivity index (χ0) is 16.9. The molecule has 138 valence electrons. The second-order valence-corrected chi connectivity index (χ2v) is 6.75. The molecule has 0 spiro atoms. The molecule has 1 aromatic rings. The molecule has 2 rings (SSSR count). The molecule has 1 unspecified atom stereocenters. The minimum Gasteiger partial charge on any atom is -0.396 e. The third kappa shape index (κ3) is 5.89. The number of guanidine groups is 1. The molecule has 0 amide bonds. The fourth-order valence-corrected chi connectivity index (χ4v) is 2.41. The van der Waals surface area contributed by atoms with Crippen molar-refractivity contribution in [1.29, 1.82) is 0 Å². The summed E-state index contributed by atoms with van der Waals surface area (Å²) in [5, 5.41) is 17.0. The Labute approximate surface area is 161 Å². The van der Waals surface area contributed by atoms with Crippen LogP contribution in [0.5, 0.6) is 0 Å². The average Bonchev–Trinajstić information content (AvgIpc) is 2.98. The third-order valence-corrected chi connectivity index (χ3v) is 3.88. The molecule has 0 aliphatic carbocycles. The fraction of sp³-hybridized carbons (Fsp3) is 0.750. The summed E-state index contributed by atoms with van der Waals surface area (Å²) in [7, 11) is 1.91. The smallest absolute Gasteiger partial charge is 0.194 e. The molecule has 24 heavy (non-hydrogen) atoms. The van der Waals surface area contributed by atoms with Crippen molar-refractivity contribution in [3.05, 3.63) is 18.0 Å². The first-order chi connectivity index (χ1) is 10.9. The van der Waals surface area contributed by atoms with Crippen molar-refractivity contribution in [2.24, 2.45) is 17.5 Å². The second-order valence-electron chi connectivity index (χ2n) is 6.75. The quantitative estimate of drug-likeness (QED) is 0.402. The number of aromatic nitrogens is 2. The maximum Gasteiger partial charge on any atom is 0.194 e. The topological polar surface area (TPSA) is 74.9 Å². The molecule has 1 aliphatic heterocycles. The number of aryl methyl sites for hydroxylation is 1. The molecular formula is C16H30IN5O2. The molecule has 2 N–H and O–H groups in total. The van der Waals surface area contributed by atoms with Crippen LogP contribution in [0, 0.1) is 5.41 Å². The van der Waals surface area contributed by atoms with E-state index in [-0.39, 0.29) is 42.1 Å². The van der Waals surface area contributed by atoms with E-state index in [0.29, 0.717) is 13.2 Å². The van der Waals surface area contributed by atoms with Gasteiger partial charge in [0.2, 0.25) is 0 Å². The molecule has 0 radical (unpaired) electrons. The lowest BCUT2D eigenvalue weighted by atomic mass is 9.95. The number of morpholine rings is 1. The van der Waals surface area contributed by atoms with Crippen LogP contribution in [-0.2, 0) is 11.8 Å². The van der Waals surface area contributed by atoms with E-state index in [1.54, 1.807) is 4.68 Å². The van der Waals surface area contributed by atoms with Crippen LogP contribution in [0.1, 0.15) is 32.4 Å². The van der Waals surface area contributed by atoms with Gasteiger partial charge < -0.3 is 20.1 Å². The van der Waals surface area contributed by atoms with E-state index in [1.807, 2.05) is 33.3 Å². The highest BCUT2D eigenvalue weighted by molar-refractivity contribution is 14.0. The van der Waals surface area contributed by atoms with E-state index >= 15 is 0 Å². The summed E-state index contributed by atoms with van der Waals surface area (Å²) in [5.74, 6) is 0.881. The maximum atomic E-state index is 9.41. The first kappa shape index (κ1) is 21.2. The van der Waals surface area contributed by atoms with Gasteiger partial charge in [0.1, 0.15) is 6.10 Å². The molecule has 1 aromatic heterocycles. The van der Waals surface area contributed by atoms with Gasteiger partial charge in [-0.3, -0.25) is 9.67 Å². The van der Waals surface area contributed by atoms with Crippen LogP contribution in [0.3, 0.4) is 0 Å². The first-order valence-corrected chi connectivity index (χ1v) is 8.19. The number of hydrogen-bond donors (Lipinski definition) is 2. The maximum absolute atomic E-state index is 9.41. The number of rotatable bonds is 5. The van der Waals surface area contributed by atoms with Crippen LogP contribution in [-0.4, -0.2) is 65.1 Å². The van der Waals surface area contributed by atoms with Crippen LogP contribution < -0.4 is 5.32 Å². The summed E-state index contributed by atoms with van der Waals surface area (Å²) in [4.78, 5) is 6.93. The van der Waals surface area contributed by atoms with Gasteiger partial charge in [0.05, 0.1) is 25.9 Å². The zero-order valence-electron chi connectivity index (χ0n) is 15.0. The Kier molecular flexibility index (Phi) is 8.44. The van der Waals surface area contributed by atoms with Gasteiger partial charge in [-0.1, -0.05) is 13.8 Å². The standard InChI is InChI=1S/C16H29N5O2.HI/c1-5-17-15(18-11-16(2,3)12-22)21-6-7-23-14(10-21)13-8-19-20(4)9-13;/h8-9,14,22H,5-7,10-12H2,1-4H3,(H,17,18);1H. The Morgan fingerprint density at radius 3 is 2.88 bits per heavy atom. The zero-order valence-corrected chi connectivity index (χ0v) is 17.4. The number of ether oxygens (including phenoxy) is 1. The lowest BCUT2D eigenvalue weighted by molar-refractivity contribution is -0.00812. The van der Waals surface area contributed by atoms with E-state index in [9.17, 15) is 5.11 Å². The van der Waals surface area contributed by atoms with Gasteiger partial charge in [0, 0.05) is 43.9 Å². The van der Waals surface area contributed by atoms with Crippen LogP contribution >= 0.6 is 24.0 Å². The van der Waals surface area contributed by atoms with Crippen molar-refractivity contribution in [2.75, 3.05) is 39.4 Å². The lowest BCUT2D eigenvalue weighted by Gasteiger charge is -2.35. The molecule has 1 saturated heterocycles. The Hall–Kier alpha value is -0.870. The minimum absolute atomic E-state index is 0. The van der Waals surface area contributed by atoms with E-state index in [0.717, 1.165) is 31.2 Å². The van der Waals surface area contributed by atoms with Crippen molar-refractivity contribution in [1.82, 2.24) is 20.0 Å². The number of aliphatic imine (C=N–C) groups is 1. The van der Waals surface area contributed by atoms with Crippen LogP contribution in [0.4, 0.5) is 0 Å². The van der Waals surface area contributed by atoms with Crippen molar-refractivity contribution in [3.8, 4) is 0 Å². The summed E-state index contributed by atoms with van der Waals surface area (Å²) < 4.78 is 7.68. The summed E-state index contributed by atoms with van der Waals surface area (Å²) in [5.41, 5.74) is 0.874. The van der Waals surface area contributed by atoms with Gasteiger partial charge in [0.25, 0.3) is 0 Å². The number of halogens is 1. The van der Waals surface area contributed by atoms with Crippen LogP contribution in [0.2, 0.25) is 0 Å². The number of nitrogens with one attached hydrogen (secondary N) is 1. The van der Waals surface area contributed by atoms with Crippen molar-refractivity contribution < 1.29 is 9.84 Å². The summed E-state index contributed by atoms with van der Waals surface area (Å²) in [6.45, 7) is 9.82. The van der Waals surface area contributed by atoms with Gasteiger partial charge in [-0.2, -0.15) is 5.10 Å². The SMILES string of the molecule is CCNC(=NCC(C)(C)CO)N1CCOC(c2cnn(C)c2)C1.I. The molecule has 0 bridgehead atoms. The molecule has 0 saturated carbocycles. The van der Waals surface area contributed by atoms with Crippen molar-refractivity contribution >= 4 is 29.9 Å². The largest absolute Gasteiger partial charge is 0.396 e. The normalized spacial score (nSPS) is 19.1. The van der Waals surface area contributed by atoms with Crippen molar-refractivity contribution in [2.45, 2.75) is 26.9 Å². The summed E-state index contributed by atoms with van der Waals surface area (Å²) in [6.07, 6.45) is 3.85. The van der Waals surface area contributed by atoms with Gasteiger partial charge in [0.15, 0.2) is 5.96 Å². The van der Waals surface area contributed by atoms with Crippen LogP contribution in [0.15, 0.2) is 17.4 Å². The van der Waals surface area contributed by atoms with Crippen molar-refractivity contribution in [3.63, 3.8) is 0 Å². The molecule has 8 heteroatoms. The lowest BCUT2D eigenvalue weighted by Crippen LogP contribution is -2.48. The van der Waals surface area contributed by atoms with Gasteiger partial charge in [-0.25, -0.2) is 0 Å². The summed E-state index contributed by atoms with van der Waals surface area (Å²) in [6, 6.07) is 0. The third-order valence-electron chi connectivity index (χ3n) is 3.88. The van der Waals surface area contributed by atoms with E-state index in [1.165, 1.54) is 0 Å². The fourth-order valence-electron chi connectivity index (χ4n) is 2.41.